The van der Waals surface area contributed by atoms with Crippen LogP contribution in [0.1, 0.15) is 17.7 Å². The number of carbonyl (C=O) groups is 1. The Hall–Kier alpha value is -0.280. The summed E-state index contributed by atoms with van der Waals surface area (Å²) in [7, 11) is 0. The highest BCUT2D eigenvalue weighted by molar-refractivity contribution is 7.96. The number of carbonyl (C=O) groups excluding carboxylic acids is 1. The van der Waals surface area contributed by atoms with Gasteiger partial charge in [-0.3, -0.25) is 4.79 Å². The van der Waals surface area contributed by atoms with E-state index >= 15 is 0 Å². The summed E-state index contributed by atoms with van der Waals surface area (Å²) >= 11 is 5.43. The molecule has 0 saturated heterocycles. The van der Waals surface area contributed by atoms with Crippen molar-refractivity contribution in [2.75, 3.05) is 0 Å². The average Bonchev–Trinajstić information content (AvgIpc) is 2.39. The van der Waals surface area contributed by atoms with Gasteiger partial charge in [-0.15, -0.1) is 24.0 Å². The molecule has 0 spiro atoms. The van der Waals surface area contributed by atoms with Gasteiger partial charge in [-0.05, 0) is 24.3 Å². The van der Waals surface area contributed by atoms with Gasteiger partial charge in [-0.25, -0.2) is 0 Å². The molecular weight excluding hydrogens is 176 g/mol. The predicted molar refractivity (Wildman–Crippen MR) is 51.3 cm³/mol. The van der Waals surface area contributed by atoms with Crippen molar-refractivity contribution < 1.29 is 4.79 Å². The second kappa shape index (κ2) is 4.57. The molecule has 0 N–H and O–H groups in total. The SMILES string of the molecule is O=C(S)CCCc1cccs1. The quantitative estimate of drug-likeness (QED) is 0.715. The second-order valence-electron chi connectivity index (χ2n) is 2.33. The normalized spacial score (nSPS) is 9.91. The summed E-state index contributed by atoms with van der Waals surface area (Å²) in [5, 5.41) is 2.04. The van der Waals surface area contributed by atoms with E-state index in [0.29, 0.717) is 6.42 Å². The molecule has 1 nitrogen and oxygen atoms in total. The molecule has 1 rings (SSSR count). The Morgan fingerprint density at radius 1 is 1.64 bits per heavy atom. The molecule has 0 unspecified atom stereocenters. The molecule has 0 aliphatic carbocycles. The van der Waals surface area contributed by atoms with E-state index in [2.05, 4.69) is 24.1 Å². The van der Waals surface area contributed by atoms with Crippen LogP contribution >= 0.6 is 24.0 Å². The fraction of sp³-hybridized carbons (Fsp3) is 0.375. The van der Waals surface area contributed by atoms with Crippen molar-refractivity contribution in [1.29, 1.82) is 0 Å². The Bertz CT molecular complexity index is 216. The molecule has 0 aliphatic heterocycles. The van der Waals surface area contributed by atoms with Gasteiger partial charge in [0, 0.05) is 11.3 Å². The number of thiophene rings is 1. The molecule has 1 heterocycles. The maximum atomic E-state index is 10.4. The Labute approximate surface area is 75.8 Å². The minimum Gasteiger partial charge on any atom is -0.288 e. The smallest absolute Gasteiger partial charge is 0.185 e. The van der Waals surface area contributed by atoms with Crippen LogP contribution < -0.4 is 0 Å². The van der Waals surface area contributed by atoms with E-state index in [1.807, 2.05) is 6.07 Å². The maximum Gasteiger partial charge on any atom is 0.185 e. The first-order valence-electron chi connectivity index (χ1n) is 3.53. The summed E-state index contributed by atoms with van der Waals surface area (Å²) in [5.74, 6) is 0. The average molecular weight is 186 g/mol. The Balaban J connectivity index is 2.19. The largest absolute Gasteiger partial charge is 0.288 e. The number of hydrogen-bond donors (Lipinski definition) is 1. The van der Waals surface area contributed by atoms with Crippen LogP contribution in [-0.4, -0.2) is 5.12 Å². The van der Waals surface area contributed by atoms with E-state index in [0.717, 1.165) is 12.8 Å². The van der Waals surface area contributed by atoms with E-state index in [1.54, 1.807) is 11.3 Å². The third-order valence-corrected chi connectivity index (χ3v) is 2.55. The number of hydrogen-bond acceptors (Lipinski definition) is 2. The first kappa shape index (κ1) is 8.81. The van der Waals surface area contributed by atoms with Gasteiger partial charge in [0.1, 0.15) is 0 Å². The first-order chi connectivity index (χ1) is 5.29. The van der Waals surface area contributed by atoms with E-state index < -0.39 is 0 Å². The second-order valence-corrected chi connectivity index (χ2v) is 3.86. The van der Waals surface area contributed by atoms with Crippen LogP contribution in [0.3, 0.4) is 0 Å². The highest BCUT2D eigenvalue weighted by Crippen LogP contribution is 2.12. The Morgan fingerprint density at radius 3 is 3.00 bits per heavy atom. The van der Waals surface area contributed by atoms with Crippen LogP contribution in [-0.2, 0) is 11.2 Å². The lowest BCUT2D eigenvalue weighted by molar-refractivity contribution is -0.110. The number of rotatable bonds is 4. The monoisotopic (exact) mass is 186 g/mol. The zero-order valence-corrected chi connectivity index (χ0v) is 7.83. The Kier molecular flexibility index (Phi) is 3.66. The van der Waals surface area contributed by atoms with Gasteiger partial charge < -0.3 is 0 Å². The molecule has 0 amide bonds. The molecule has 60 valence electrons. The summed E-state index contributed by atoms with van der Waals surface area (Å²) in [6.07, 6.45) is 2.51. The van der Waals surface area contributed by atoms with Crippen LogP contribution in [0.5, 0.6) is 0 Å². The third kappa shape index (κ3) is 3.58. The molecule has 0 atom stereocenters. The molecule has 3 heteroatoms. The zero-order chi connectivity index (χ0) is 8.10. The van der Waals surface area contributed by atoms with Crippen LogP contribution in [0.4, 0.5) is 0 Å². The summed E-state index contributed by atoms with van der Waals surface area (Å²) in [6, 6.07) is 4.12. The van der Waals surface area contributed by atoms with Crippen molar-refractivity contribution in [3.05, 3.63) is 22.4 Å². The molecule has 0 aliphatic rings. The highest BCUT2D eigenvalue weighted by atomic mass is 32.1. The molecule has 0 bridgehead atoms. The third-order valence-electron chi connectivity index (χ3n) is 1.39. The van der Waals surface area contributed by atoms with Gasteiger partial charge in [-0.2, -0.15) is 0 Å². The summed E-state index contributed by atoms with van der Waals surface area (Å²) < 4.78 is 0. The van der Waals surface area contributed by atoms with E-state index in [1.165, 1.54) is 4.88 Å². The van der Waals surface area contributed by atoms with Gasteiger partial charge in [0.15, 0.2) is 5.12 Å². The van der Waals surface area contributed by atoms with Gasteiger partial charge in [-0.1, -0.05) is 6.07 Å². The topological polar surface area (TPSA) is 17.1 Å². The lowest BCUT2D eigenvalue weighted by Crippen LogP contribution is -1.87. The van der Waals surface area contributed by atoms with Gasteiger partial charge in [0.05, 0.1) is 0 Å². The molecule has 0 fully saturated rings. The van der Waals surface area contributed by atoms with Gasteiger partial charge in [0.2, 0.25) is 0 Å². The van der Waals surface area contributed by atoms with Crippen molar-refractivity contribution in [3.63, 3.8) is 0 Å². The minimum absolute atomic E-state index is 0.0124. The van der Waals surface area contributed by atoms with E-state index in [-0.39, 0.29) is 5.12 Å². The summed E-state index contributed by atoms with van der Waals surface area (Å²) in [5.41, 5.74) is 0. The molecule has 0 aromatic carbocycles. The predicted octanol–water partition coefficient (Wildman–Crippen LogP) is 2.53. The number of thiol groups is 1. The molecular formula is C8H10OS2. The molecule has 1 aromatic heterocycles. The summed E-state index contributed by atoms with van der Waals surface area (Å²) in [6.45, 7) is 0. The maximum absolute atomic E-state index is 10.4. The van der Waals surface area contributed by atoms with Crippen molar-refractivity contribution in [2.45, 2.75) is 19.3 Å². The molecule has 11 heavy (non-hydrogen) atoms. The fourth-order valence-electron chi connectivity index (χ4n) is 0.869. The Morgan fingerprint density at radius 2 is 2.45 bits per heavy atom. The van der Waals surface area contributed by atoms with Crippen molar-refractivity contribution in [2.24, 2.45) is 0 Å². The van der Waals surface area contributed by atoms with Crippen molar-refractivity contribution in [3.8, 4) is 0 Å². The molecule has 1 aromatic rings. The fourth-order valence-corrected chi connectivity index (χ4v) is 1.78. The lowest BCUT2D eigenvalue weighted by atomic mass is 10.2. The van der Waals surface area contributed by atoms with Gasteiger partial charge >= 0.3 is 0 Å². The molecule has 0 saturated carbocycles. The lowest BCUT2D eigenvalue weighted by Gasteiger charge is -1.92. The first-order valence-corrected chi connectivity index (χ1v) is 4.86. The minimum atomic E-state index is -0.0124. The standard InChI is InChI=1S/C8H10OS2/c9-8(10)5-1-3-7-4-2-6-11-7/h2,4,6H,1,3,5H2,(H,9,10). The van der Waals surface area contributed by atoms with Crippen LogP contribution in [0.15, 0.2) is 17.5 Å². The molecule has 0 radical (unpaired) electrons. The van der Waals surface area contributed by atoms with Crippen LogP contribution in [0.25, 0.3) is 0 Å². The highest BCUT2D eigenvalue weighted by Gasteiger charge is 1.96. The zero-order valence-electron chi connectivity index (χ0n) is 6.12. The van der Waals surface area contributed by atoms with E-state index in [4.69, 9.17) is 0 Å². The van der Waals surface area contributed by atoms with E-state index in [9.17, 15) is 4.79 Å². The summed E-state index contributed by atoms with van der Waals surface area (Å²) in [4.78, 5) is 11.8. The van der Waals surface area contributed by atoms with Crippen LogP contribution in [0.2, 0.25) is 0 Å². The van der Waals surface area contributed by atoms with Gasteiger partial charge in [0.25, 0.3) is 0 Å². The van der Waals surface area contributed by atoms with Crippen molar-refractivity contribution >= 4 is 29.1 Å². The van der Waals surface area contributed by atoms with Crippen LogP contribution in [0, 0.1) is 0 Å². The van der Waals surface area contributed by atoms with Crippen molar-refractivity contribution in [1.82, 2.24) is 0 Å². The number of aryl methyl sites for hydroxylation is 1.